The number of rotatable bonds is 11. The van der Waals surface area contributed by atoms with Gasteiger partial charge in [0.05, 0.1) is 32.2 Å². The molecule has 2 aliphatic heterocycles. The average Bonchev–Trinajstić information content (AvgIpc) is 3.11. The molecule has 1 saturated heterocycles. The third-order valence-electron chi connectivity index (χ3n) is 8.84. The lowest BCUT2D eigenvalue weighted by Crippen LogP contribution is -2.43. The SMILES string of the molecule is COC(=O)OC1=C(C)NC(COCCCN2CCC(c3ccccc3)(c3ccccc3)CC2)=C(OC(=O)OC)C1c1ccccc1Cl.Cl. The van der Waals surface area contributed by atoms with Gasteiger partial charge in [-0.2, -0.15) is 0 Å². The zero-order chi connectivity index (χ0) is 33.2. The van der Waals surface area contributed by atoms with E-state index in [1.54, 1.807) is 31.2 Å². The molecule has 1 fully saturated rings. The minimum atomic E-state index is -0.930. The van der Waals surface area contributed by atoms with Crippen LogP contribution in [0.25, 0.3) is 0 Å². The molecule has 256 valence electrons. The maximum atomic E-state index is 12.4. The van der Waals surface area contributed by atoms with Crippen LogP contribution in [0.3, 0.4) is 0 Å². The van der Waals surface area contributed by atoms with E-state index >= 15 is 0 Å². The molecular weight excluding hydrogens is 655 g/mol. The number of halogens is 2. The largest absolute Gasteiger partial charge is 0.513 e. The highest BCUT2D eigenvalue weighted by atomic mass is 35.5. The summed E-state index contributed by atoms with van der Waals surface area (Å²) < 4.78 is 26.9. The van der Waals surface area contributed by atoms with Crippen molar-refractivity contribution in [1.82, 2.24) is 10.2 Å². The van der Waals surface area contributed by atoms with E-state index in [2.05, 4.69) is 70.9 Å². The number of likely N-dealkylation sites (tertiary alicyclic amines) is 1. The van der Waals surface area contributed by atoms with E-state index in [1.165, 1.54) is 25.3 Å². The Bertz CT molecular complexity index is 1550. The molecule has 0 spiro atoms. The van der Waals surface area contributed by atoms with Crippen LogP contribution in [0.15, 0.2) is 108 Å². The summed E-state index contributed by atoms with van der Waals surface area (Å²) in [6.07, 6.45) is 1.05. The molecule has 48 heavy (non-hydrogen) atoms. The lowest BCUT2D eigenvalue weighted by Gasteiger charge is -2.43. The highest BCUT2D eigenvalue weighted by Crippen LogP contribution is 2.43. The fraction of sp³-hybridized carbons (Fsp3) is 0.351. The molecule has 9 nitrogen and oxygen atoms in total. The average molecular weight is 698 g/mol. The number of nitrogens with zero attached hydrogens (tertiary/aromatic N) is 1. The Morgan fingerprint density at radius 1 is 0.833 bits per heavy atom. The predicted octanol–water partition coefficient (Wildman–Crippen LogP) is 7.95. The first-order chi connectivity index (χ1) is 22.9. The molecular formula is C37H42Cl2N2O7. The summed E-state index contributed by atoms with van der Waals surface area (Å²) in [5.41, 5.74) is 4.31. The van der Waals surface area contributed by atoms with Gasteiger partial charge < -0.3 is 33.9 Å². The first-order valence-corrected chi connectivity index (χ1v) is 16.1. The van der Waals surface area contributed by atoms with Crippen molar-refractivity contribution in [2.24, 2.45) is 0 Å². The van der Waals surface area contributed by atoms with Crippen LogP contribution in [-0.4, -0.2) is 64.3 Å². The molecule has 0 aliphatic carbocycles. The van der Waals surface area contributed by atoms with Gasteiger partial charge in [0.2, 0.25) is 0 Å². The number of piperidine rings is 1. The second-order valence-electron chi connectivity index (χ2n) is 11.6. The normalized spacial score (nSPS) is 17.5. The van der Waals surface area contributed by atoms with Crippen molar-refractivity contribution in [2.75, 3.05) is 47.1 Å². The van der Waals surface area contributed by atoms with E-state index in [0.717, 1.165) is 38.9 Å². The van der Waals surface area contributed by atoms with Crippen LogP contribution in [0.2, 0.25) is 5.02 Å². The number of dihydropyridines is 1. The van der Waals surface area contributed by atoms with Gasteiger partial charge in [0.1, 0.15) is 17.4 Å². The van der Waals surface area contributed by atoms with Gasteiger partial charge in [0.25, 0.3) is 0 Å². The maximum Gasteiger partial charge on any atom is 0.513 e. The molecule has 1 atom stereocenters. The number of carbonyl (C=O) groups is 2. The van der Waals surface area contributed by atoms with Gasteiger partial charge in [-0.05, 0) is 62.0 Å². The summed E-state index contributed by atoms with van der Waals surface area (Å²) in [4.78, 5) is 27.1. The van der Waals surface area contributed by atoms with Gasteiger partial charge in [0, 0.05) is 23.6 Å². The molecule has 5 rings (SSSR count). The quantitative estimate of drug-likeness (QED) is 0.158. The maximum absolute atomic E-state index is 12.4. The summed E-state index contributed by atoms with van der Waals surface area (Å²) in [5, 5.41) is 3.59. The summed E-state index contributed by atoms with van der Waals surface area (Å²) >= 11 is 6.59. The van der Waals surface area contributed by atoms with Crippen molar-refractivity contribution in [1.29, 1.82) is 0 Å². The molecule has 0 amide bonds. The molecule has 11 heteroatoms. The molecule has 0 radical (unpaired) electrons. The van der Waals surface area contributed by atoms with Crippen molar-refractivity contribution in [2.45, 2.75) is 37.5 Å². The third-order valence-corrected chi connectivity index (χ3v) is 9.18. The molecule has 3 aromatic rings. The van der Waals surface area contributed by atoms with Crippen molar-refractivity contribution in [3.63, 3.8) is 0 Å². The van der Waals surface area contributed by atoms with Crippen LogP contribution < -0.4 is 5.32 Å². The first kappa shape index (κ1) is 36.8. The Morgan fingerprint density at radius 2 is 1.38 bits per heavy atom. The van der Waals surface area contributed by atoms with Crippen molar-refractivity contribution < 1.29 is 33.3 Å². The number of carbonyl (C=O) groups excluding carboxylic acids is 2. The van der Waals surface area contributed by atoms with Crippen LogP contribution in [0.1, 0.15) is 48.8 Å². The lowest BCUT2D eigenvalue weighted by molar-refractivity contribution is 0.0750. The van der Waals surface area contributed by atoms with E-state index in [-0.39, 0.29) is 35.9 Å². The number of nitrogens with one attached hydrogen (secondary N) is 1. The smallest absolute Gasteiger partial charge is 0.437 e. The highest BCUT2D eigenvalue weighted by molar-refractivity contribution is 6.31. The van der Waals surface area contributed by atoms with Crippen LogP contribution >= 0.6 is 24.0 Å². The summed E-state index contributed by atoms with van der Waals surface area (Å²) in [7, 11) is 2.43. The Kier molecular flexibility index (Phi) is 13.3. The first-order valence-electron chi connectivity index (χ1n) is 15.7. The summed E-state index contributed by atoms with van der Waals surface area (Å²) in [5.74, 6) is -0.506. The standard InChI is InChI=1S/C37H41ClN2O7.ClH/c1-26-33(46-35(41)43-2)32(29-17-10-11-18-30(29)38)34(47-36(42)44-3)31(39-26)25-45-24-12-21-40-22-19-37(20-23-40,27-13-6-4-7-14-27)28-15-8-5-9-16-28;/h4-11,13-18,32,39H,12,19-25H2,1-3H3;1H. The molecule has 3 aromatic carbocycles. The van der Waals surface area contributed by atoms with Gasteiger partial charge >= 0.3 is 12.3 Å². The molecule has 2 heterocycles. The topological polar surface area (TPSA) is 95.6 Å². The van der Waals surface area contributed by atoms with E-state index in [9.17, 15) is 9.59 Å². The fourth-order valence-corrected chi connectivity index (χ4v) is 6.70. The van der Waals surface area contributed by atoms with Gasteiger partial charge in [-0.15, -0.1) is 12.4 Å². The highest BCUT2D eigenvalue weighted by Gasteiger charge is 2.39. The second-order valence-corrected chi connectivity index (χ2v) is 12.0. The summed E-state index contributed by atoms with van der Waals surface area (Å²) in [6.45, 7) is 5.22. The number of benzene rings is 3. The van der Waals surface area contributed by atoms with Crippen molar-refractivity contribution in [3.05, 3.63) is 130 Å². The van der Waals surface area contributed by atoms with Gasteiger partial charge in [-0.3, -0.25) is 0 Å². The van der Waals surface area contributed by atoms with Gasteiger partial charge in [0.15, 0.2) is 0 Å². The third kappa shape index (κ3) is 8.52. The Balaban J connectivity index is 0.00000520. The molecule has 0 bridgehead atoms. The second kappa shape index (κ2) is 17.4. The summed E-state index contributed by atoms with van der Waals surface area (Å²) in [6, 6.07) is 28.7. The van der Waals surface area contributed by atoms with Crippen LogP contribution in [0, 0.1) is 0 Å². The van der Waals surface area contributed by atoms with Gasteiger partial charge in [-0.1, -0.05) is 90.5 Å². The minimum absolute atomic E-state index is 0. The fourth-order valence-electron chi connectivity index (χ4n) is 6.46. The number of allylic oxidation sites excluding steroid dienone is 1. The number of hydrogen-bond acceptors (Lipinski definition) is 9. The number of ether oxygens (including phenoxy) is 5. The van der Waals surface area contributed by atoms with E-state index in [1.807, 2.05) is 0 Å². The Morgan fingerprint density at radius 3 is 1.94 bits per heavy atom. The lowest BCUT2D eigenvalue weighted by atomic mass is 9.68. The Hall–Kier alpha value is -4.02. The number of methoxy groups -OCH3 is 2. The van der Waals surface area contributed by atoms with Crippen LogP contribution in [0.5, 0.6) is 0 Å². The zero-order valence-corrected chi connectivity index (χ0v) is 29.0. The predicted molar refractivity (Wildman–Crippen MR) is 186 cm³/mol. The van der Waals surface area contributed by atoms with Crippen LogP contribution in [-0.2, 0) is 29.1 Å². The monoisotopic (exact) mass is 696 g/mol. The van der Waals surface area contributed by atoms with E-state index in [0.29, 0.717) is 28.6 Å². The number of hydrogen-bond donors (Lipinski definition) is 1. The van der Waals surface area contributed by atoms with Gasteiger partial charge in [-0.25, -0.2) is 9.59 Å². The van der Waals surface area contributed by atoms with E-state index in [4.69, 9.17) is 35.3 Å². The molecule has 2 aliphatic rings. The van der Waals surface area contributed by atoms with Crippen molar-refractivity contribution in [3.8, 4) is 0 Å². The molecule has 0 saturated carbocycles. The molecule has 0 aromatic heterocycles. The van der Waals surface area contributed by atoms with Crippen LogP contribution in [0.4, 0.5) is 9.59 Å². The minimum Gasteiger partial charge on any atom is -0.437 e. The molecule has 1 N–H and O–H groups in total. The van der Waals surface area contributed by atoms with Crippen molar-refractivity contribution >= 4 is 36.3 Å². The molecule has 1 unspecified atom stereocenters. The Labute approximate surface area is 293 Å². The van der Waals surface area contributed by atoms with E-state index < -0.39 is 18.2 Å². The zero-order valence-electron chi connectivity index (χ0n) is 27.4.